The van der Waals surface area contributed by atoms with E-state index in [2.05, 4.69) is 10.0 Å². The molecule has 0 aromatic heterocycles. The molecule has 1 aliphatic heterocycles. The van der Waals surface area contributed by atoms with Crippen LogP contribution >= 0.6 is 0 Å². The lowest BCUT2D eigenvalue weighted by Crippen LogP contribution is -2.40. The molecule has 0 amide bonds. The van der Waals surface area contributed by atoms with Crippen LogP contribution in [0.4, 0.5) is 5.69 Å². The third-order valence-electron chi connectivity index (χ3n) is 5.01. The molecular weight excluding hydrogens is 402 g/mol. The number of anilines is 1. The Kier molecular flexibility index (Phi) is 9.08. The van der Waals surface area contributed by atoms with Gasteiger partial charge in [-0.15, -0.1) is 0 Å². The fourth-order valence-corrected chi connectivity index (χ4v) is 4.91. The van der Waals surface area contributed by atoms with Gasteiger partial charge in [0.25, 0.3) is 0 Å². The highest BCUT2D eigenvalue weighted by molar-refractivity contribution is 7.89. The minimum atomic E-state index is -3.95. The predicted octanol–water partition coefficient (Wildman–Crippen LogP) is 3.20. The fraction of sp³-hybridized carbons (Fsp3) is 0.500. The quantitative estimate of drug-likeness (QED) is 0.618. The molecule has 1 unspecified atom stereocenters. The molecule has 8 heteroatoms. The molecule has 3 rings (SSSR count). The molecular formula is C22H33N3O4S. The zero-order chi connectivity index (χ0) is 22.1. The van der Waals surface area contributed by atoms with Crippen molar-refractivity contribution in [3.63, 3.8) is 0 Å². The average Bonchev–Trinajstić information content (AvgIpc) is 2.74. The van der Waals surface area contributed by atoms with Gasteiger partial charge in [0.15, 0.2) is 0 Å². The minimum absolute atomic E-state index is 0.0889. The zero-order valence-corrected chi connectivity index (χ0v) is 18.8. The van der Waals surface area contributed by atoms with E-state index in [4.69, 9.17) is 0 Å². The second-order valence-electron chi connectivity index (χ2n) is 7.63. The fourth-order valence-electron chi connectivity index (χ4n) is 3.46. The minimum Gasteiger partial charge on any atom is -0.480 e. The number of carboxylic acids is 1. The summed E-state index contributed by atoms with van der Waals surface area (Å²) in [6.45, 7) is 4.31. The third-order valence-corrected chi connectivity index (χ3v) is 6.54. The molecule has 1 saturated heterocycles. The van der Waals surface area contributed by atoms with Crippen LogP contribution in [0.15, 0.2) is 41.3 Å². The van der Waals surface area contributed by atoms with Gasteiger partial charge < -0.3 is 15.3 Å². The molecule has 3 N–H and O–H groups in total. The Balaban J connectivity index is 0.000000456. The van der Waals surface area contributed by atoms with Crippen molar-refractivity contribution in [2.45, 2.75) is 50.0 Å². The summed E-state index contributed by atoms with van der Waals surface area (Å²) in [5.74, 6) is -1.17. The molecule has 0 bridgehead atoms. The van der Waals surface area contributed by atoms with Crippen LogP contribution in [0.25, 0.3) is 10.8 Å². The molecule has 0 saturated carbocycles. The van der Waals surface area contributed by atoms with Gasteiger partial charge in [0, 0.05) is 30.6 Å². The number of carboxylic acid groups (broad SMARTS) is 1. The van der Waals surface area contributed by atoms with Gasteiger partial charge in [0.05, 0.1) is 4.90 Å². The lowest BCUT2D eigenvalue weighted by molar-refractivity contribution is -0.139. The Morgan fingerprint density at radius 2 is 1.73 bits per heavy atom. The normalized spacial score (nSPS) is 15.2. The van der Waals surface area contributed by atoms with E-state index in [1.54, 1.807) is 18.2 Å². The molecule has 0 radical (unpaired) electrons. The standard InChI is InChI=1S/C17H22N2O4S.C5H11N/c1-4-7-14(17(20)21)18-24(22,23)16-11-6-8-12-13(16)9-5-10-15(12)19(2)3;1-2-4-6-5-3-1/h5-6,8-11,14,18H,4,7H2,1-3H3,(H,20,21);6H,1-5H2. The average molecular weight is 436 g/mol. The van der Waals surface area contributed by atoms with E-state index in [-0.39, 0.29) is 11.3 Å². The first kappa shape index (κ1) is 24.1. The van der Waals surface area contributed by atoms with Crippen molar-refractivity contribution < 1.29 is 18.3 Å². The Hall–Kier alpha value is -2.16. The number of piperidine rings is 1. The summed E-state index contributed by atoms with van der Waals surface area (Å²) in [4.78, 5) is 13.3. The first-order valence-corrected chi connectivity index (χ1v) is 11.9. The lowest BCUT2D eigenvalue weighted by Gasteiger charge is -2.18. The molecule has 2 aromatic carbocycles. The van der Waals surface area contributed by atoms with Gasteiger partial charge in [-0.1, -0.05) is 44.0 Å². The van der Waals surface area contributed by atoms with Crippen molar-refractivity contribution in [3.05, 3.63) is 36.4 Å². The van der Waals surface area contributed by atoms with Gasteiger partial charge in [0.1, 0.15) is 6.04 Å². The molecule has 1 atom stereocenters. The molecule has 30 heavy (non-hydrogen) atoms. The van der Waals surface area contributed by atoms with Crippen LogP contribution in [0.5, 0.6) is 0 Å². The molecule has 0 spiro atoms. The van der Waals surface area contributed by atoms with Gasteiger partial charge in [-0.25, -0.2) is 8.42 Å². The van der Waals surface area contributed by atoms with E-state index in [9.17, 15) is 18.3 Å². The summed E-state index contributed by atoms with van der Waals surface area (Å²) in [5, 5.41) is 13.9. The van der Waals surface area contributed by atoms with Crippen LogP contribution in [0, 0.1) is 0 Å². The van der Waals surface area contributed by atoms with E-state index >= 15 is 0 Å². The largest absolute Gasteiger partial charge is 0.480 e. The molecule has 1 aliphatic rings. The maximum atomic E-state index is 12.7. The summed E-state index contributed by atoms with van der Waals surface area (Å²) >= 11 is 0. The zero-order valence-electron chi connectivity index (χ0n) is 18.0. The number of sulfonamides is 1. The Morgan fingerprint density at radius 1 is 1.10 bits per heavy atom. The maximum absolute atomic E-state index is 12.7. The highest BCUT2D eigenvalue weighted by atomic mass is 32.2. The van der Waals surface area contributed by atoms with Crippen LogP contribution in [0.3, 0.4) is 0 Å². The first-order chi connectivity index (χ1) is 14.3. The lowest BCUT2D eigenvalue weighted by atomic mass is 10.1. The van der Waals surface area contributed by atoms with Gasteiger partial charge in [0.2, 0.25) is 10.0 Å². The topological polar surface area (TPSA) is 98.7 Å². The Labute approximate surface area is 179 Å². The first-order valence-electron chi connectivity index (χ1n) is 10.4. The van der Waals surface area contributed by atoms with Crippen LogP contribution in [0.2, 0.25) is 0 Å². The van der Waals surface area contributed by atoms with E-state index < -0.39 is 22.0 Å². The van der Waals surface area contributed by atoms with Crippen LogP contribution in [-0.2, 0) is 14.8 Å². The van der Waals surface area contributed by atoms with Crippen molar-refractivity contribution in [2.24, 2.45) is 0 Å². The van der Waals surface area contributed by atoms with Crippen molar-refractivity contribution >= 4 is 32.5 Å². The van der Waals surface area contributed by atoms with Crippen LogP contribution in [0.1, 0.15) is 39.0 Å². The molecule has 2 aromatic rings. The number of benzene rings is 2. The van der Waals surface area contributed by atoms with Gasteiger partial charge >= 0.3 is 5.97 Å². The summed E-state index contributed by atoms with van der Waals surface area (Å²) in [5.41, 5.74) is 0.896. The van der Waals surface area contributed by atoms with Gasteiger partial charge in [-0.2, -0.15) is 4.72 Å². The Morgan fingerprint density at radius 3 is 2.23 bits per heavy atom. The van der Waals surface area contributed by atoms with Crippen molar-refractivity contribution in [1.82, 2.24) is 10.0 Å². The SMILES string of the molecule is C1CCNCC1.CCCC(NS(=O)(=O)c1cccc2c(N(C)C)cccc12)C(=O)O. The summed E-state index contributed by atoms with van der Waals surface area (Å²) in [6.07, 6.45) is 5.02. The maximum Gasteiger partial charge on any atom is 0.321 e. The number of fused-ring (bicyclic) bond motifs is 1. The molecule has 0 aliphatic carbocycles. The van der Waals surface area contributed by atoms with E-state index in [1.807, 2.05) is 38.1 Å². The summed E-state index contributed by atoms with van der Waals surface area (Å²) in [7, 11) is -0.175. The number of aliphatic carboxylic acids is 1. The van der Waals surface area contributed by atoms with E-state index in [1.165, 1.54) is 38.4 Å². The van der Waals surface area contributed by atoms with Gasteiger partial charge in [-0.3, -0.25) is 4.79 Å². The number of nitrogens with zero attached hydrogens (tertiary/aromatic N) is 1. The highest BCUT2D eigenvalue weighted by Crippen LogP contribution is 2.30. The second-order valence-corrected chi connectivity index (χ2v) is 9.32. The molecule has 1 heterocycles. The summed E-state index contributed by atoms with van der Waals surface area (Å²) < 4.78 is 27.8. The van der Waals surface area contributed by atoms with Crippen molar-refractivity contribution in [1.29, 1.82) is 0 Å². The van der Waals surface area contributed by atoms with Crippen molar-refractivity contribution in [2.75, 3.05) is 32.1 Å². The number of hydrogen-bond acceptors (Lipinski definition) is 5. The number of carbonyl (C=O) groups is 1. The Bertz CT molecular complexity index is 929. The van der Waals surface area contributed by atoms with Crippen LogP contribution < -0.4 is 14.9 Å². The second kappa shape index (κ2) is 11.3. The highest BCUT2D eigenvalue weighted by Gasteiger charge is 2.26. The van der Waals surface area contributed by atoms with Crippen molar-refractivity contribution in [3.8, 4) is 0 Å². The summed E-state index contributed by atoms with van der Waals surface area (Å²) in [6, 6.07) is 9.30. The number of hydrogen-bond donors (Lipinski definition) is 3. The van der Waals surface area contributed by atoms with E-state index in [0.29, 0.717) is 11.8 Å². The van der Waals surface area contributed by atoms with Gasteiger partial charge in [-0.05, 0) is 44.5 Å². The van der Waals surface area contributed by atoms with E-state index in [0.717, 1.165) is 11.1 Å². The molecule has 166 valence electrons. The smallest absolute Gasteiger partial charge is 0.321 e. The molecule has 7 nitrogen and oxygen atoms in total. The number of rotatable bonds is 7. The third kappa shape index (κ3) is 6.42. The van der Waals surface area contributed by atoms with Crippen LogP contribution in [-0.4, -0.2) is 52.7 Å². The predicted molar refractivity (Wildman–Crippen MR) is 122 cm³/mol. The monoisotopic (exact) mass is 435 g/mol. The number of nitrogens with one attached hydrogen (secondary N) is 2. The molecule has 1 fully saturated rings.